The van der Waals surface area contributed by atoms with Gasteiger partial charge >= 0.3 is 0 Å². The van der Waals surface area contributed by atoms with Gasteiger partial charge in [-0.05, 0) is 68.1 Å². The lowest BCUT2D eigenvalue weighted by Crippen LogP contribution is -2.45. The number of ether oxygens (including phenoxy) is 5. The van der Waals surface area contributed by atoms with Gasteiger partial charge in [-0.25, -0.2) is 4.39 Å². The van der Waals surface area contributed by atoms with E-state index >= 15 is 0 Å². The maximum Gasteiger partial charge on any atom is 0.256 e. The van der Waals surface area contributed by atoms with Crippen LogP contribution in [0.4, 0.5) is 10.1 Å². The van der Waals surface area contributed by atoms with Gasteiger partial charge in [0, 0.05) is 30.3 Å². The van der Waals surface area contributed by atoms with E-state index in [0.717, 1.165) is 12.8 Å². The lowest BCUT2D eigenvalue weighted by molar-refractivity contribution is 0.0712. The number of carbonyl (C=O) groups is 1. The quantitative estimate of drug-likeness (QED) is 0.231. The third-order valence-electron chi connectivity index (χ3n) is 8.54. The average Bonchev–Trinajstić information content (AvgIpc) is 3.36. The molecule has 8 nitrogen and oxygen atoms in total. The van der Waals surface area contributed by atoms with E-state index in [0.29, 0.717) is 59.8 Å². The number of methoxy groups -OCH3 is 2. The first-order chi connectivity index (χ1) is 20.5. The molecule has 0 spiro atoms. The Kier molecular flexibility index (Phi) is 8.53. The number of nitrogens with zero attached hydrogens (tertiary/aromatic N) is 2. The maximum absolute atomic E-state index is 14.8. The minimum atomic E-state index is -0.520. The first kappa shape index (κ1) is 30.2. The molecule has 2 aliphatic rings. The molecule has 2 aliphatic heterocycles. The Labute approximate surface area is 252 Å². The molecule has 43 heavy (non-hydrogen) atoms. The molecule has 3 aromatic rings. The molecule has 0 bridgehead atoms. The molecule has 1 amide bonds. The molecular weight excluding hydrogens is 551 g/mol. The lowest BCUT2D eigenvalue weighted by Gasteiger charge is -2.32. The zero-order valence-corrected chi connectivity index (χ0v) is 25.6. The average molecular weight is 591 g/mol. The molecule has 228 valence electrons. The van der Waals surface area contributed by atoms with Crippen molar-refractivity contribution in [2.75, 3.05) is 34.0 Å². The maximum atomic E-state index is 14.8. The molecule has 0 radical (unpaired) electrons. The van der Waals surface area contributed by atoms with Crippen LogP contribution in [0.3, 0.4) is 0 Å². The van der Waals surface area contributed by atoms with Crippen LogP contribution in [0.15, 0.2) is 59.6 Å². The molecule has 2 atom stereocenters. The van der Waals surface area contributed by atoms with Crippen molar-refractivity contribution in [2.24, 2.45) is 16.3 Å². The summed E-state index contributed by atoms with van der Waals surface area (Å²) in [5.41, 5.74) is 0.394. The van der Waals surface area contributed by atoms with Gasteiger partial charge in [0.2, 0.25) is 0 Å². The van der Waals surface area contributed by atoms with Crippen molar-refractivity contribution < 1.29 is 32.9 Å². The van der Waals surface area contributed by atoms with E-state index in [4.69, 9.17) is 23.7 Å². The van der Waals surface area contributed by atoms with Crippen molar-refractivity contribution in [3.63, 3.8) is 0 Å². The third kappa shape index (κ3) is 6.40. The normalized spacial score (nSPS) is 18.4. The van der Waals surface area contributed by atoms with Gasteiger partial charge < -0.3 is 28.6 Å². The number of hydrogen-bond donors (Lipinski definition) is 0. The predicted molar refractivity (Wildman–Crippen MR) is 163 cm³/mol. The fourth-order valence-corrected chi connectivity index (χ4v) is 5.18. The van der Waals surface area contributed by atoms with Crippen LogP contribution in [0, 0.1) is 17.2 Å². The monoisotopic (exact) mass is 590 g/mol. The lowest BCUT2D eigenvalue weighted by atomic mass is 9.81. The number of rotatable bonds is 11. The predicted octanol–water partition coefficient (Wildman–Crippen LogP) is 7.47. The second-order valence-electron chi connectivity index (χ2n) is 12.1. The van der Waals surface area contributed by atoms with E-state index in [1.54, 1.807) is 62.8 Å². The highest BCUT2D eigenvalue weighted by molar-refractivity contribution is 6.04. The summed E-state index contributed by atoms with van der Waals surface area (Å²) in [5.74, 6) is 2.20. The molecule has 1 fully saturated rings. The number of hydrogen-bond acceptors (Lipinski definition) is 7. The second kappa shape index (κ2) is 12.1. The van der Waals surface area contributed by atoms with Gasteiger partial charge in [-0.2, -0.15) is 0 Å². The molecule has 5 rings (SSSR count). The molecule has 2 heterocycles. The number of benzene rings is 3. The number of amides is 1. The Morgan fingerprint density at radius 2 is 1.67 bits per heavy atom. The number of fused-ring (bicyclic) bond motifs is 2. The van der Waals surface area contributed by atoms with Gasteiger partial charge in [-0.1, -0.05) is 20.8 Å². The third-order valence-corrected chi connectivity index (χ3v) is 8.54. The minimum Gasteiger partial charge on any atom is -0.497 e. The Hall–Kier alpha value is -4.27. The van der Waals surface area contributed by atoms with Gasteiger partial charge in [0.15, 0.2) is 23.1 Å². The molecule has 0 aliphatic carbocycles. The number of aliphatic imine (C=N–C) groups is 1. The van der Waals surface area contributed by atoms with E-state index in [9.17, 15) is 9.18 Å². The van der Waals surface area contributed by atoms with E-state index in [-0.39, 0.29) is 28.5 Å². The largest absolute Gasteiger partial charge is 0.497 e. The molecular formula is C34H39FN2O6. The second-order valence-corrected chi connectivity index (χ2v) is 12.1. The molecule has 0 saturated carbocycles. The van der Waals surface area contributed by atoms with Crippen molar-refractivity contribution in [1.29, 1.82) is 0 Å². The highest BCUT2D eigenvalue weighted by atomic mass is 19.1. The summed E-state index contributed by atoms with van der Waals surface area (Å²) in [6, 6.07) is 15.0. The van der Waals surface area contributed by atoms with Gasteiger partial charge in [0.05, 0.1) is 44.2 Å². The fraction of sp³-hybridized carbons (Fsp3) is 0.412. The van der Waals surface area contributed by atoms with E-state index in [1.807, 2.05) is 18.0 Å². The van der Waals surface area contributed by atoms with Gasteiger partial charge in [0.1, 0.15) is 17.2 Å². The Morgan fingerprint density at radius 3 is 2.37 bits per heavy atom. The fourth-order valence-electron chi connectivity index (χ4n) is 5.18. The molecule has 1 saturated heterocycles. The van der Waals surface area contributed by atoms with Crippen LogP contribution in [0.5, 0.6) is 34.5 Å². The zero-order valence-electron chi connectivity index (χ0n) is 25.6. The first-order valence-corrected chi connectivity index (χ1v) is 14.5. The molecule has 0 aromatic heterocycles. The Balaban J connectivity index is 1.21. The first-order valence-electron chi connectivity index (χ1n) is 14.5. The summed E-state index contributed by atoms with van der Waals surface area (Å²) in [4.78, 5) is 19.9. The Morgan fingerprint density at radius 1 is 0.953 bits per heavy atom. The van der Waals surface area contributed by atoms with Crippen LogP contribution in [-0.2, 0) is 0 Å². The summed E-state index contributed by atoms with van der Waals surface area (Å²) >= 11 is 0. The van der Waals surface area contributed by atoms with Crippen LogP contribution in [0.25, 0.3) is 0 Å². The van der Waals surface area contributed by atoms with Crippen LogP contribution in [-0.4, -0.2) is 56.5 Å². The van der Waals surface area contributed by atoms with Crippen LogP contribution in [0.2, 0.25) is 0 Å². The Bertz CT molecular complexity index is 1510. The molecule has 0 N–H and O–H groups in total. The zero-order chi connectivity index (χ0) is 30.8. The summed E-state index contributed by atoms with van der Waals surface area (Å²) in [7, 11) is 3.14. The van der Waals surface area contributed by atoms with E-state index in [2.05, 4.69) is 25.8 Å². The van der Waals surface area contributed by atoms with Gasteiger partial charge in [0.25, 0.3) is 5.91 Å². The summed E-state index contributed by atoms with van der Waals surface area (Å²) in [6.45, 7) is 9.69. The number of carbonyl (C=O) groups excluding carboxylic acids is 1. The van der Waals surface area contributed by atoms with Gasteiger partial charge in [-0.3, -0.25) is 9.79 Å². The van der Waals surface area contributed by atoms with Crippen molar-refractivity contribution in [3.05, 3.63) is 66.0 Å². The van der Waals surface area contributed by atoms with E-state index in [1.165, 1.54) is 6.07 Å². The smallest absolute Gasteiger partial charge is 0.256 e. The highest BCUT2D eigenvalue weighted by Gasteiger charge is 2.41. The van der Waals surface area contributed by atoms with Crippen molar-refractivity contribution in [2.45, 2.75) is 46.1 Å². The van der Waals surface area contributed by atoms with Crippen LogP contribution in [0.1, 0.15) is 50.9 Å². The van der Waals surface area contributed by atoms with Crippen LogP contribution >= 0.6 is 0 Å². The van der Waals surface area contributed by atoms with Crippen molar-refractivity contribution in [1.82, 2.24) is 4.90 Å². The highest BCUT2D eigenvalue weighted by Crippen LogP contribution is 2.41. The molecule has 3 aromatic carbocycles. The number of halogens is 1. The van der Waals surface area contributed by atoms with Gasteiger partial charge in [-0.15, -0.1) is 0 Å². The van der Waals surface area contributed by atoms with Crippen molar-refractivity contribution >= 4 is 17.8 Å². The van der Waals surface area contributed by atoms with Crippen molar-refractivity contribution in [3.8, 4) is 34.5 Å². The summed E-state index contributed by atoms with van der Waals surface area (Å²) < 4.78 is 43.4. The topological polar surface area (TPSA) is 78.8 Å². The summed E-state index contributed by atoms with van der Waals surface area (Å²) in [5, 5.41) is 0. The molecule has 2 unspecified atom stereocenters. The standard InChI is InChI=1S/C34H39FN2O6/c1-22(19-41-31-18-28-26(17-30(31)40-6)32(38)37-15-7-14-34(37,4)20-36-28)33(2,3)21-42-25-12-13-29(27(35)16-25)43-24-10-8-23(39-5)9-11-24/h8-13,16-18,20,22H,7,14-15,19,21H2,1-6H3. The SMILES string of the molecule is COc1ccc(Oc2ccc(OCC(C)(C)C(C)COc3cc4c(cc3OC)C(=O)N3CCCC3(C)C=N4)cc2F)cc1. The minimum absolute atomic E-state index is 0.0410. The molecule has 9 heteroatoms. The van der Waals surface area contributed by atoms with Crippen LogP contribution < -0.4 is 23.7 Å². The van der Waals surface area contributed by atoms with E-state index < -0.39 is 5.82 Å². The summed E-state index contributed by atoms with van der Waals surface area (Å²) in [6.07, 6.45) is 3.72.